The molecule has 5 nitrogen and oxygen atoms in total. The van der Waals surface area contributed by atoms with E-state index in [1.807, 2.05) is 47.4 Å². The Labute approximate surface area is 185 Å². The lowest BCUT2D eigenvalue weighted by molar-refractivity contribution is -0.136. The highest BCUT2D eigenvalue weighted by atomic mass is 79.9. The second-order valence-electron chi connectivity index (χ2n) is 8.17. The van der Waals surface area contributed by atoms with Crippen LogP contribution < -0.4 is 10.1 Å². The summed E-state index contributed by atoms with van der Waals surface area (Å²) in [6, 6.07) is 17.7. The molecule has 30 heavy (non-hydrogen) atoms. The molecule has 6 heteroatoms. The van der Waals surface area contributed by atoms with Crippen molar-refractivity contribution in [1.82, 2.24) is 10.2 Å². The van der Waals surface area contributed by atoms with Crippen LogP contribution in [0.4, 0.5) is 0 Å². The SMILES string of the molecule is O=C(NC1(c2ccc(Br)cc2)CC1)C1CCCN(C(=O)CCOc2ccccc2)C1. The summed E-state index contributed by atoms with van der Waals surface area (Å²) in [5.74, 6) is 0.737. The summed E-state index contributed by atoms with van der Waals surface area (Å²) in [5, 5.41) is 3.28. The average molecular weight is 471 g/mol. The molecule has 1 atom stereocenters. The molecule has 2 aromatic carbocycles. The third-order valence-electron chi connectivity index (χ3n) is 5.98. The van der Waals surface area contributed by atoms with Crippen molar-refractivity contribution in [2.75, 3.05) is 19.7 Å². The maximum Gasteiger partial charge on any atom is 0.226 e. The molecule has 2 aromatic rings. The van der Waals surface area contributed by atoms with Crippen LogP contribution in [0.25, 0.3) is 0 Å². The smallest absolute Gasteiger partial charge is 0.226 e. The van der Waals surface area contributed by atoms with E-state index < -0.39 is 0 Å². The van der Waals surface area contributed by atoms with Crippen molar-refractivity contribution in [2.45, 2.75) is 37.6 Å². The van der Waals surface area contributed by atoms with E-state index >= 15 is 0 Å². The van der Waals surface area contributed by atoms with Crippen molar-refractivity contribution in [3.63, 3.8) is 0 Å². The Morgan fingerprint density at radius 1 is 1.10 bits per heavy atom. The number of amides is 2. The molecule has 158 valence electrons. The minimum atomic E-state index is -0.229. The molecule has 1 heterocycles. The minimum Gasteiger partial charge on any atom is -0.493 e. The van der Waals surface area contributed by atoms with Gasteiger partial charge in [-0.1, -0.05) is 46.3 Å². The van der Waals surface area contributed by atoms with Gasteiger partial charge in [-0.25, -0.2) is 0 Å². The second-order valence-corrected chi connectivity index (χ2v) is 9.08. The van der Waals surface area contributed by atoms with Crippen molar-refractivity contribution >= 4 is 27.7 Å². The first-order chi connectivity index (χ1) is 14.6. The topological polar surface area (TPSA) is 58.6 Å². The summed E-state index contributed by atoms with van der Waals surface area (Å²) >= 11 is 3.46. The van der Waals surface area contributed by atoms with Crippen molar-refractivity contribution in [3.05, 3.63) is 64.6 Å². The monoisotopic (exact) mass is 470 g/mol. The molecule has 4 rings (SSSR count). The van der Waals surface area contributed by atoms with E-state index in [2.05, 4.69) is 33.4 Å². The third-order valence-corrected chi connectivity index (χ3v) is 6.51. The number of para-hydroxylation sites is 1. The van der Waals surface area contributed by atoms with Crippen molar-refractivity contribution < 1.29 is 14.3 Å². The van der Waals surface area contributed by atoms with E-state index in [4.69, 9.17) is 4.74 Å². The molecular weight excluding hydrogens is 444 g/mol. The summed E-state index contributed by atoms with van der Waals surface area (Å²) in [4.78, 5) is 27.4. The molecule has 0 bridgehead atoms. The van der Waals surface area contributed by atoms with E-state index in [9.17, 15) is 9.59 Å². The molecule has 1 saturated carbocycles. The first-order valence-electron chi connectivity index (χ1n) is 10.6. The van der Waals surface area contributed by atoms with E-state index in [1.54, 1.807) is 0 Å². The highest BCUT2D eigenvalue weighted by molar-refractivity contribution is 9.10. The highest BCUT2D eigenvalue weighted by Crippen LogP contribution is 2.46. The summed E-state index contributed by atoms with van der Waals surface area (Å²) in [6.45, 7) is 1.56. The minimum absolute atomic E-state index is 0.0532. The molecule has 1 saturated heterocycles. The first-order valence-corrected chi connectivity index (χ1v) is 11.4. The predicted octanol–water partition coefficient (Wildman–Crippen LogP) is 4.26. The van der Waals surface area contributed by atoms with Gasteiger partial charge in [0.25, 0.3) is 0 Å². The van der Waals surface area contributed by atoms with Gasteiger partial charge in [-0.15, -0.1) is 0 Å². The Balaban J connectivity index is 1.28. The fourth-order valence-corrected chi connectivity index (χ4v) is 4.33. The predicted molar refractivity (Wildman–Crippen MR) is 119 cm³/mol. The molecule has 1 aliphatic carbocycles. The number of carbonyl (C=O) groups excluding carboxylic acids is 2. The fraction of sp³-hybridized carbons (Fsp3) is 0.417. The maximum atomic E-state index is 13.0. The van der Waals surface area contributed by atoms with Crippen LogP contribution in [0, 0.1) is 5.92 Å². The number of rotatable bonds is 7. The summed E-state index contributed by atoms with van der Waals surface area (Å²) in [7, 11) is 0. The van der Waals surface area contributed by atoms with Gasteiger partial charge in [0, 0.05) is 17.6 Å². The zero-order chi connectivity index (χ0) is 21.0. The maximum absolute atomic E-state index is 13.0. The molecule has 0 radical (unpaired) electrons. The molecule has 1 aliphatic heterocycles. The zero-order valence-electron chi connectivity index (χ0n) is 17.0. The lowest BCUT2D eigenvalue weighted by atomic mass is 9.95. The summed E-state index contributed by atoms with van der Waals surface area (Å²) in [5.41, 5.74) is 0.925. The zero-order valence-corrected chi connectivity index (χ0v) is 18.6. The van der Waals surface area contributed by atoms with E-state index in [-0.39, 0.29) is 23.3 Å². The number of hydrogen-bond donors (Lipinski definition) is 1. The number of nitrogens with one attached hydrogen (secondary N) is 1. The molecule has 0 aromatic heterocycles. The van der Waals surface area contributed by atoms with Gasteiger partial charge in [-0.2, -0.15) is 0 Å². The Morgan fingerprint density at radius 3 is 2.53 bits per heavy atom. The van der Waals surface area contributed by atoms with Gasteiger partial charge in [0.2, 0.25) is 11.8 Å². The second kappa shape index (κ2) is 9.21. The van der Waals surface area contributed by atoms with Crippen LogP contribution in [0.1, 0.15) is 37.7 Å². The van der Waals surface area contributed by atoms with E-state index in [0.29, 0.717) is 26.1 Å². The van der Waals surface area contributed by atoms with Crippen LogP contribution in [-0.4, -0.2) is 36.4 Å². The third kappa shape index (κ3) is 5.04. The number of nitrogens with zero attached hydrogens (tertiary/aromatic N) is 1. The molecule has 2 aliphatic rings. The summed E-state index contributed by atoms with van der Waals surface area (Å²) in [6.07, 6.45) is 3.94. The quantitative estimate of drug-likeness (QED) is 0.657. The van der Waals surface area contributed by atoms with E-state index in [1.165, 1.54) is 0 Å². The van der Waals surface area contributed by atoms with Gasteiger partial charge < -0.3 is 15.0 Å². The number of ether oxygens (including phenoxy) is 1. The van der Waals surface area contributed by atoms with Gasteiger partial charge >= 0.3 is 0 Å². The normalized spacial score (nSPS) is 19.8. The average Bonchev–Trinajstić information content (AvgIpc) is 3.55. The Morgan fingerprint density at radius 2 is 1.83 bits per heavy atom. The Hall–Kier alpha value is -2.34. The van der Waals surface area contributed by atoms with Crippen molar-refractivity contribution in [2.24, 2.45) is 5.92 Å². The van der Waals surface area contributed by atoms with Crippen LogP contribution in [-0.2, 0) is 15.1 Å². The van der Waals surface area contributed by atoms with Gasteiger partial charge in [-0.3, -0.25) is 9.59 Å². The molecular formula is C24H27BrN2O3. The van der Waals surface area contributed by atoms with Crippen LogP contribution in [0.3, 0.4) is 0 Å². The summed E-state index contributed by atoms with van der Waals surface area (Å²) < 4.78 is 6.68. The standard InChI is InChI=1S/C24H27BrN2O3/c25-20-10-8-19(9-11-20)24(13-14-24)26-23(29)18-5-4-15-27(17-18)22(28)12-16-30-21-6-2-1-3-7-21/h1-3,6-11,18H,4-5,12-17H2,(H,26,29). The fourth-order valence-electron chi connectivity index (χ4n) is 4.07. The number of halogens is 1. The van der Waals surface area contributed by atoms with Crippen molar-refractivity contribution in [1.29, 1.82) is 0 Å². The Bertz CT molecular complexity index is 881. The van der Waals surface area contributed by atoms with Crippen LogP contribution in [0.5, 0.6) is 5.75 Å². The van der Waals surface area contributed by atoms with Gasteiger partial charge in [0.05, 0.1) is 24.5 Å². The molecule has 2 amide bonds. The number of likely N-dealkylation sites (tertiary alicyclic amines) is 1. The molecule has 1 N–H and O–H groups in total. The number of piperidine rings is 1. The lowest BCUT2D eigenvalue weighted by Crippen LogP contribution is -2.47. The largest absolute Gasteiger partial charge is 0.493 e. The lowest BCUT2D eigenvalue weighted by Gasteiger charge is -2.33. The van der Waals surface area contributed by atoms with Crippen LogP contribution in [0.2, 0.25) is 0 Å². The number of carbonyl (C=O) groups is 2. The van der Waals surface area contributed by atoms with Crippen molar-refractivity contribution in [3.8, 4) is 5.75 Å². The van der Waals surface area contributed by atoms with Gasteiger partial charge in [-0.05, 0) is 55.5 Å². The molecule has 1 unspecified atom stereocenters. The number of benzene rings is 2. The van der Waals surface area contributed by atoms with Gasteiger partial charge in [0.1, 0.15) is 5.75 Å². The first kappa shape index (κ1) is 20.9. The Kier molecular flexibility index (Phi) is 6.42. The van der Waals surface area contributed by atoms with Crippen LogP contribution >= 0.6 is 15.9 Å². The number of hydrogen-bond acceptors (Lipinski definition) is 3. The molecule has 2 fully saturated rings. The van der Waals surface area contributed by atoms with Gasteiger partial charge in [0.15, 0.2) is 0 Å². The molecule has 0 spiro atoms. The van der Waals surface area contributed by atoms with E-state index in [0.717, 1.165) is 41.5 Å². The van der Waals surface area contributed by atoms with Crippen LogP contribution in [0.15, 0.2) is 59.1 Å². The highest BCUT2D eigenvalue weighted by Gasteiger charge is 2.46.